The molecule has 0 aliphatic heterocycles. The Kier molecular flexibility index (Phi) is 66.6. The van der Waals surface area contributed by atoms with Crippen molar-refractivity contribution < 1.29 is 28.6 Å². The van der Waals surface area contributed by atoms with Crippen LogP contribution in [0.25, 0.3) is 0 Å². The van der Waals surface area contributed by atoms with E-state index >= 15 is 0 Å². The fourth-order valence-corrected chi connectivity index (χ4v) is 10.7. The maximum Gasteiger partial charge on any atom is 0.306 e. The lowest BCUT2D eigenvalue weighted by Gasteiger charge is -2.18. The second kappa shape index (κ2) is 68.9. The second-order valence-corrected chi connectivity index (χ2v) is 24.1. The van der Waals surface area contributed by atoms with Crippen LogP contribution < -0.4 is 0 Å². The zero-order valence-electron chi connectivity index (χ0n) is 53.9. The van der Waals surface area contributed by atoms with Gasteiger partial charge < -0.3 is 14.2 Å². The fraction of sp³-hybridized carbons (Fsp3) is 0.851. The first-order chi connectivity index (χ1) is 39.5. The zero-order valence-corrected chi connectivity index (χ0v) is 53.9. The summed E-state index contributed by atoms with van der Waals surface area (Å²) in [5.41, 5.74) is 0. The van der Waals surface area contributed by atoms with Gasteiger partial charge in [-0.1, -0.05) is 320 Å². The van der Waals surface area contributed by atoms with Crippen LogP contribution in [0.5, 0.6) is 0 Å². The van der Waals surface area contributed by atoms with Crippen molar-refractivity contribution in [1.82, 2.24) is 0 Å². The molecule has 0 heterocycles. The van der Waals surface area contributed by atoms with Crippen LogP contribution in [-0.2, 0) is 28.6 Å². The molecule has 0 saturated heterocycles. The quantitative estimate of drug-likeness (QED) is 0.0261. The van der Waals surface area contributed by atoms with E-state index in [0.29, 0.717) is 19.3 Å². The first-order valence-corrected chi connectivity index (χ1v) is 35.6. The number of carbonyl (C=O) groups excluding carboxylic acids is 3. The summed E-state index contributed by atoms with van der Waals surface area (Å²) in [7, 11) is 0. The first-order valence-electron chi connectivity index (χ1n) is 35.6. The molecule has 0 aromatic rings. The molecule has 0 fully saturated rings. The standard InChI is InChI=1S/C74H136O6/c1-4-7-10-13-16-19-22-24-26-28-30-32-33-34-35-36-37-38-39-40-41-43-44-46-48-50-52-55-58-61-64-67-73(76)79-70-71(69-78-72(75)66-63-60-57-54-21-18-15-12-9-6-3)80-74(77)68-65-62-59-56-53-51-49-47-45-42-31-29-27-25-23-20-17-14-11-8-5-2/h12,15,23,25,28-31,71H,4-11,13-14,16-22,24,26-27,32-70H2,1-3H3/b15-12-,25-23-,30-28-,31-29-. The minimum absolute atomic E-state index is 0.0739. The van der Waals surface area contributed by atoms with Gasteiger partial charge in [-0.25, -0.2) is 0 Å². The van der Waals surface area contributed by atoms with E-state index in [1.54, 1.807) is 0 Å². The summed E-state index contributed by atoms with van der Waals surface area (Å²) in [6.07, 6.45) is 87.3. The Morgan fingerprint density at radius 1 is 0.250 bits per heavy atom. The average Bonchev–Trinajstić information content (AvgIpc) is 3.46. The van der Waals surface area contributed by atoms with E-state index in [1.165, 1.54) is 270 Å². The molecule has 80 heavy (non-hydrogen) atoms. The highest BCUT2D eigenvalue weighted by molar-refractivity contribution is 5.71. The largest absolute Gasteiger partial charge is 0.462 e. The topological polar surface area (TPSA) is 78.9 Å². The van der Waals surface area contributed by atoms with Gasteiger partial charge >= 0.3 is 17.9 Å². The number of unbranched alkanes of at least 4 members (excludes halogenated alkanes) is 47. The molecule has 0 saturated carbocycles. The molecule has 0 N–H and O–H groups in total. The number of rotatable bonds is 66. The summed E-state index contributed by atoms with van der Waals surface area (Å²) < 4.78 is 16.9. The molecular weight excluding hydrogens is 985 g/mol. The van der Waals surface area contributed by atoms with Crippen molar-refractivity contribution in [1.29, 1.82) is 0 Å². The highest BCUT2D eigenvalue weighted by Gasteiger charge is 2.19. The summed E-state index contributed by atoms with van der Waals surface area (Å²) in [5.74, 6) is -0.867. The third kappa shape index (κ3) is 66.2. The van der Waals surface area contributed by atoms with Crippen molar-refractivity contribution in [2.24, 2.45) is 0 Å². The summed E-state index contributed by atoms with van der Waals surface area (Å²) in [6, 6.07) is 0. The molecule has 6 heteroatoms. The summed E-state index contributed by atoms with van der Waals surface area (Å²) in [5, 5.41) is 0. The van der Waals surface area contributed by atoms with E-state index in [9.17, 15) is 14.4 Å². The van der Waals surface area contributed by atoms with Gasteiger partial charge in [0.05, 0.1) is 0 Å². The minimum atomic E-state index is -0.778. The molecule has 1 unspecified atom stereocenters. The molecule has 0 aliphatic rings. The van der Waals surface area contributed by atoms with Crippen molar-refractivity contribution in [3.05, 3.63) is 48.6 Å². The van der Waals surface area contributed by atoms with Crippen molar-refractivity contribution >= 4 is 17.9 Å². The van der Waals surface area contributed by atoms with Crippen LogP contribution >= 0.6 is 0 Å². The Labute approximate surface area is 498 Å². The molecule has 1 atom stereocenters. The molecular formula is C74H136O6. The SMILES string of the molecule is CCC/C=C\CCCCCCCC(=O)OCC(COC(=O)CCCCCCCCCCCCCCCCCCCCC/C=C\CCCCCCCCCC)OC(=O)CCCCCCCCCCC/C=C\C/C=C\CCCCCCC. The van der Waals surface area contributed by atoms with E-state index in [4.69, 9.17) is 14.2 Å². The lowest BCUT2D eigenvalue weighted by molar-refractivity contribution is -0.167. The van der Waals surface area contributed by atoms with Gasteiger partial charge in [0.25, 0.3) is 0 Å². The molecule has 0 spiro atoms. The highest BCUT2D eigenvalue weighted by atomic mass is 16.6. The monoisotopic (exact) mass is 1120 g/mol. The van der Waals surface area contributed by atoms with Crippen LogP contribution in [0, 0.1) is 0 Å². The minimum Gasteiger partial charge on any atom is -0.462 e. The Morgan fingerprint density at radius 2 is 0.475 bits per heavy atom. The molecule has 0 aromatic carbocycles. The van der Waals surface area contributed by atoms with Crippen LogP contribution in [0.1, 0.15) is 387 Å². The Morgan fingerprint density at radius 3 is 0.750 bits per heavy atom. The second-order valence-electron chi connectivity index (χ2n) is 24.1. The van der Waals surface area contributed by atoms with Gasteiger partial charge in [-0.2, -0.15) is 0 Å². The number of esters is 3. The van der Waals surface area contributed by atoms with Crippen LogP contribution in [0.15, 0.2) is 48.6 Å². The molecule has 0 aromatic heterocycles. The molecule has 0 aliphatic carbocycles. The van der Waals surface area contributed by atoms with Gasteiger partial charge in [-0.05, 0) is 96.3 Å². The number of allylic oxidation sites excluding steroid dienone is 8. The first kappa shape index (κ1) is 77.4. The van der Waals surface area contributed by atoms with Gasteiger partial charge in [0.1, 0.15) is 13.2 Å². The number of hydrogen-bond acceptors (Lipinski definition) is 6. The fourth-order valence-electron chi connectivity index (χ4n) is 10.7. The molecule has 0 rings (SSSR count). The Hall–Kier alpha value is -2.63. The van der Waals surface area contributed by atoms with Gasteiger partial charge in [-0.15, -0.1) is 0 Å². The normalized spacial score (nSPS) is 12.3. The lowest BCUT2D eigenvalue weighted by Crippen LogP contribution is -2.30. The average molecular weight is 1120 g/mol. The smallest absolute Gasteiger partial charge is 0.306 e. The van der Waals surface area contributed by atoms with Crippen LogP contribution in [0.2, 0.25) is 0 Å². The predicted molar refractivity (Wildman–Crippen MR) is 349 cm³/mol. The van der Waals surface area contributed by atoms with E-state index < -0.39 is 6.10 Å². The van der Waals surface area contributed by atoms with Crippen molar-refractivity contribution in [3.8, 4) is 0 Å². The maximum atomic E-state index is 12.9. The molecule has 6 nitrogen and oxygen atoms in total. The van der Waals surface area contributed by atoms with Gasteiger partial charge in [0.2, 0.25) is 0 Å². The molecule has 468 valence electrons. The maximum absolute atomic E-state index is 12.9. The van der Waals surface area contributed by atoms with E-state index in [0.717, 1.165) is 77.0 Å². The Bertz CT molecular complexity index is 1380. The third-order valence-electron chi connectivity index (χ3n) is 16.0. The predicted octanol–water partition coefficient (Wildman–Crippen LogP) is 24.5. The lowest BCUT2D eigenvalue weighted by atomic mass is 10.0. The number of hydrogen-bond donors (Lipinski definition) is 0. The summed E-state index contributed by atoms with van der Waals surface area (Å²) in [4.78, 5) is 38.3. The van der Waals surface area contributed by atoms with Gasteiger partial charge in [0, 0.05) is 19.3 Å². The van der Waals surface area contributed by atoms with Crippen LogP contribution in [0.4, 0.5) is 0 Å². The van der Waals surface area contributed by atoms with E-state index in [-0.39, 0.29) is 31.1 Å². The van der Waals surface area contributed by atoms with Gasteiger partial charge in [0.15, 0.2) is 6.10 Å². The number of carbonyl (C=O) groups is 3. The Balaban J connectivity index is 4.10. The van der Waals surface area contributed by atoms with Crippen molar-refractivity contribution in [3.63, 3.8) is 0 Å². The number of ether oxygens (including phenoxy) is 3. The van der Waals surface area contributed by atoms with E-state index in [2.05, 4.69) is 69.4 Å². The highest BCUT2D eigenvalue weighted by Crippen LogP contribution is 2.18. The van der Waals surface area contributed by atoms with E-state index in [1.807, 2.05) is 0 Å². The zero-order chi connectivity index (χ0) is 57.8. The van der Waals surface area contributed by atoms with Crippen molar-refractivity contribution in [2.75, 3.05) is 13.2 Å². The molecule has 0 amide bonds. The van der Waals surface area contributed by atoms with Crippen molar-refractivity contribution in [2.45, 2.75) is 393 Å². The van der Waals surface area contributed by atoms with Gasteiger partial charge in [-0.3, -0.25) is 14.4 Å². The summed E-state index contributed by atoms with van der Waals surface area (Å²) in [6.45, 7) is 6.62. The van der Waals surface area contributed by atoms with Crippen LogP contribution in [-0.4, -0.2) is 37.2 Å². The summed E-state index contributed by atoms with van der Waals surface area (Å²) >= 11 is 0. The molecule has 0 radical (unpaired) electrons. The third-order valence-corrected chi connectivity index (χ3v) is 16.0. The van der Waals surface area contributed by atoms with Crippen LogP contribution in [0.3, 0.4) is 0 Å². The molecule has 0 bridgehead atoms.